The second kappa shape index (κ2) is 6.03. The van der Waals surface area contributed by atoms with Crippen LogP contribution < -0.4 is 5.32 Å². The van der Waals surface area contributed by atoms with Crippen LogP contribution in [0.2, 0.25) is 5.02 Å². The van der Waals surface area contributed by atoms with Gasteiger partial charge in [0.2, 0.25) is 5.89 Å². The Morgan fingerprint density at radius 1 is 1.18 bits per heavy atom. The van der Waals surface area contributed by atoms with Gasteiger partial charge in [-0.15, -0.1) is 0 Å². The second-order valence-corrected chi connectivity index (χ2v) is 6.75. The van der Waals surface area contributed by atoms with Crippen LogP contribution in [0, 0.1) is 0 Å². The number of hydrogen-bond donors (Lipinski definition) is 1. The molecule has 2 atom stereocenters. The van der Waals surface area contributed by atoms with Crippen molar-refractivity contribution in [1.82, 2.24) is 15.2 Å². The fourth-order valence-corrected chi connectivity index (χ4v) is 3.62. The number of halogens is 1. The largest absolute Gasteiger partial charge is 0.444 e. The highest BCUT2D eigenvalue weighted by molar-refractivity contribution is 6.30. The lowest BCUT2D eigenvalue weighted by atomic mass is 10.1. The molecule has 2 aliphatic heterocycles. The maximum absolute atomic E-state index is 5.92. The summed E-state index contributed by atoms with van der Waals surface area (Å²) in [7, 11) is 0. The molecule has 1 aromatic heterocycles. The van der Waals surface area contributed by atoms with Gasteiger partial charge in [-0.05, 0) is 43.5 Å². The number of likely N-dealkylation sites (tertiary alicyclic amines) is 1. The number of benzene rings is 1. The third kappa shape index (κ3) is 3.05. The Bertz CT molecular complexity index is 640. The van der Waals surface area contributed by atoms with Crippen molar-refractivity contribution in [3.8, 4) is 11.5 Å². The number of aromatic nitrogens is 1. The monoisotopic (exact) mass is 317 g/mol. The smallest absolute Gasteiger partial charge is 0.226 e. The van der Waals surface area contributed by atoms with Gasteiger partial charge in [0, 0.05) is 42.3 Å². The second-order valence-electron chi connectivity index (χ2n) is 6.31. The highest BCUT2D eigenvalue weighted by atomic mass is 35.5. The molecule has 4 rings (SSSR count). The molecule has 116 valence electrons. The van der Waals surface area contributed by atoms with E-state index >= 15 is 0 Å². The zero-order chi connectivity index (χ0) is 14.9. The van der Waals surface area contributed by atoms with Crippen molar-refractivity contribution in [1.29, 1.82) is 0 Å². The normalized spacial score (nSPS) is 25.3. The van der Waals surface area contributed by atoms with Crippen molar-refractivity contribution in [2.45, 2.75) is 37.9 Å². The third-order valence-electron chi connectivity index (χ3n) is 4.64. The Kier molecular flexibility index (Phi) is 3.90. The molecule has 2 bridgehead atoms. The number of oxazole rings is 1. The Balaban J connectivity index is 1.44. The summed E-state index contributed by atoms with van der Waals surface area (Å²) in [5.74, 6) is 0.668. The van der Waals surface area contributed by atoms with E-state index in [1.807, 2.05) is 24.3 Å². The van der Waals surface area contributed by atoms with Crippen LogP contribution in [0.1, 0.15) is 25.0 Å². The Morgan fingerprint density at radius 2 is 2.00 bits per heavy atom. The van der Waals surface area contributed by atoms with E-state index in [0.29, 0.717) is 11.9 Å². The number of rotatable bonds is 3. The average Bonchev–Trinajstić information content (AvgIpc) is 3.09. The van der Waals surface area contributed by atoms with Crippen LogP contribution in [0.25, 0.3) is 11.5 Å². The SMILES string of the molecule is Clc1ccc(-c2nc(CN3CCC4CCC(C3)N4)co2)cc1. The zero-order valence-corrected chi connectivity index (χ0v) is 13.2. The van der Waals surface area contributed by atoms with E-state index in [1.165, 1.54) is 19.3 Å². The summed E-state index contributed by atoms with van der Waals surface area (Å²) in [6.45, 7) is 3.11. The molecule has 5 heteroatoms. The molecule has 0 spiro atoms. The fraction of sp³-hybridized carbons (Fsp3) is 0.471. The molecule has 1 aromatic carbocycles. The maximum Gasteiger partial charge on any atom is 0.226 e. The molecule has 1 N–H and O–H groups in total. The van der Waals surface area contributed by atoms with E-state index in [1.54, 1.807) is 6.26 Å². The van der Waals surface area contributed by atoms with Gasteiger partial charge in [0.1, 0.15) is 6.26 Å². The molecular weight excluding hydrogens is 298 g/mol. The summed E-state index contributed by atoms with van der Waals surface area (Å²) >= 11 is 5.92. The minimum Gasteiger partial charge on any atom is -0.444 e. The molecular formula is C17H20ClN3O. The zero-order valence-electron chi connectivity index (χ0n) is 12.5. The minimum atomic E-state index is 0.648. The number of fused-ring (bicyclic) bond motifs is 2. The molecule has 4 nitrogen and oxygen atoms in total. The van der Waals surface area contributed by atoms with Gasteiger partial charge < -0.3 is 9.73 Å². The number of nitrogens with one attached hydrogen (secondary N) is 1. The first kappa shape index (κ1) is 14.2. The standard InChI is InChI=1S/C17H20ClN3O/c18-13-3-1-12(2-4-13)17-20-16(11-22-17)10-21-8-7-14-5-6-15(9-21)19-14/h1-4,11,14-15,19H,5-10H2. The predicted octanol–water partition coefficient (Wildman–Crippen LogP) is 3.32. The Morgan fingerprint density at radius 3 is 2.86 bits per heavy atom. The van der Waals surface area contributed by atoms with Gasteiger partial charge in [0.25, 0.3) is 0 Å². The molecule has 0 aliphatic carbocycles. The first-order valence-electron chi connectivity index (χ1n) is 7.95. The highest BCUT2D eigenvalue weighted by Gasteiger charge is 2.29. The van der Waals surface area contributed by atoms with Gasteiger partial charge >= 0.3 is 0 Å². The highest BCUT2D eigenvalue weighted by Crippen LogP contribution is 2.24. The lowest BCUT2D eigenvalue weighted by molar-refractivity contribution is 0.248. The summed E-state index contributed by atoms with van der Waals surface area (Å²) < 4.78 is 5.63. The number of nitrogens with zero attached hydrogens (tertiary/aromatic N) is 2. The minimum absolute atomic E-state index is 0.648. The molecule has 2 saturated heterocycles. The van der Waals surface area contributed by atoms with Crippen LogP contribution in [-0.2, 0) is 6.54 Å². The van der Waals surface area contributed by atoms with Gasteiger partial charge in [-0.25, -0.2) is 4.98 Å². The fourth-order valence-electron chi connectivity index (χ4n) is 3.49. The molecule has 3 heterocycles. The molecule has 22 heavy (non-hydrogen) atoms. The van der Waals surface area contributed by atoms with Crippen molar-refractivity contribution < 1.29 is 4.42 Å². The maximum atomic E-state index is 5.92. The molecule has 2 unspecified atom stereocenters. The molecule has 0 radical (unpaired) electrons. The van der Waals surface area contributed by atoms with Crippen molar-refractivity contribution in [2.24, 2.45) is 0 Å². The first-order chi connectivity index (χ1) is 10.8. The predicted molar refractivity (Wildman–Crippen MR) is 86.8 cm³/mol. The Labute approximate surface area is 135 Å². The van der Waals surface area contributed by atoms with Crippen LogP contribution in [0.3, 0.4) is 0 Å². The summed E-state index contributed by atoms with van der Waals surface area (Å²) in [6, 6.07) is 8.96. The molecule has 0 saturated carbocycles. The van der Waals surface area contributed by atoms with Crippen molar-refractivity contribution in [3.05, 3.63) is 41.2 Å². The quantitative estimate of drug-likeness (QED) is 0.943. The van der Waals surface area contributed by atoms with Crippen molar-refractivity contribution in [3.63, 3.8) is 0 Å². The third-order valence-corrected chi connectivity index (χ3v) is 4.89. The summed E-state index contributed by atoms with van der Waals surface area (Å²) in [5, 5.41) is 4.43. The topological polar surface area (TPSA) is 41.3 Å². The molecule has 2 aliphatic rings. The van der Waals surface area contributed by atoms with Crippen LogP contribution in [0.5, 0.6) is 0 Å². The van der Waals surface area contributed by atoms with Crippen LogP contribution >= 0.6 is 11.6 Å². The lowest BCUT2D eigenvalue weighted by Crippen LogP contribution is -2.35. The summed E-state index contributed by atoms with van der Waals surface area (Å²) in [6.07, 6.45) is 5.65. The van der Waals surface area contributed by atoms with Crippen molar-refractivity contribution >= 4 is 11.6 Å². The van der Waals surface area contributed by atoms with E-state index in [4.69, 9.17) is 16.0 Å². The van der Waals surface area contributed by atoms with E-state index < -0.39 is 0 Å². The summed E-state index contributed by atoms with van der Waals surface area (Å²) in [4.78, 5) is 7.11. The van der Waals surface area contributed by atoms with E-state index in [9.17, 15) is 0 Å². The van der Waals surface area contributed by atoms with Gasteiger partial charge in [-0.2, -0.15) is 0 Å². The number of hydrogen-bond acceptors (Lipinski definition) is 4. The van der Waals surface area contributed by atoms with E-state index in [-0.39, 0.29) is 0 Å². The molecule has 2 fully saturated rings. The lowest BCUT2D eigenvalue weighted by Gasteiger charge is -2.22. The summed E-state index contributed by atoms with van der Waals surface area (Å²) in [5.41, 5.74) is 1.97. The average molecular weight is 318 g/mol. The van der Waals surface area contributed by atoms with Gasteiger partial charge in [-0.1, -0.05) is 11.6 Å². The van der Waals surface area contributed by atoms with Crippen LogP contribution in [0.4, 0.5) is 0 Å². The van der Waals surface area contributed by atoms with Gasteiger partial charge in [0.05, 0.1) is 5.69 Å². The van der Waals surface area contributed by atoms with Crippen LogP contribution in [0.15, 0.2) is 34.9 Å². The van der Waals surface area contributed by atoms with Crippen molar-refractivity contribution in [2.75, 3.05) is 13.1 Å². The molecule has 2 aromatic rings. The van der Waals surface area contributed by atoms with E-state index in [0.717, 1.165) is 42.0 Å². The van der Waals surface area contributed by atoms with E-state index in [2.05, 4.69) is 15.2 Å². The van der Waals surface area contributed by atoms with Crippen LogP contribution in [-0.4, -0.2) is 35.1 Å². The molecule has 0 amide bonds. The van der Waals surface area contributed by atoms with Gasteiger partial charge in [-0.3, -0.25) is 4.90 Å². The van der Waals surface area contributed by atoms with Gasteiger partial charge in [0.15, 0.2) is 0 Å². The Hall–Kier alpha value is -1.36. The first-order valence-corrected chi connectivity index (χ1v) is 8.33.